The van der Waals surface area contributed by atoms with E-state index in [4.69, 9.17) is 17.3 Å². The second-order valence-electron chi connectivity index (χ2n) is 14.5. The number of alkyl halides is 3. The highest BCUT2D eigenvalue weighted by Gasteiger charge is 2.38. The molecule has 0 bridgehead atoms. The summed E-state index contributed by atoms with van der Waals surface area (Å²) in [5.41, 5.74) is 6.20. The molecule has 4 heterocycles. The van der Waals surface area contributed by atoms with Gasteiger partial charge in [-0.3, -0.25) is 14.5 Å². The SMILES string of the molecule is CN1CCCN(C2CCN(C(=O)[C@H](CC(=O)N3CCC(N4CCc5ccccc5NC4=O)CC3)Cc3cc(Cl)c(N)c(C(F)(F)F)c3)CC2)CC1. The maximum absolute atomic E-state index is 14.2. The van der Waals surface area contributed by atoms with Crippen molar-refractivity contribution in [3.8, 4) is 0 Å². The number of hydrogen-bond donors (Lipinski definition) is 2. The number of nitrogen functional groups attached to an aromatic ring is 1. The molecule has 14 heteroatoms. The van der Waals surface area contributed by atoms with Crippen LogP contribution in [0.2, 0.25) is 5.02 Å². The molecule has 0 spiro atoms. The summed E-state index contributed by atoms with van der Waals surface area (Å²) in [7, 11) is 2.13. The fourth-order valence-corrected chi connectivity index (χ4v) is 8.45. The van der Waals surface area contributed by atoms with Gasteiger partial charge in [-0.15, -0.1) is 0 Å². The number of piperidine rings is 2. The Labute approximate surface area is 303 Å². The molecule has 51 heavy (non-hydrogen) atoms. The van der Waals surface area contributed by atoms with Crippen LogP contribution in [-0.2, 0) is 28.6 Å². The van der Waals surface area contributed by atoms with E-state index in [2.05, 4.69) is 22.2 Å². The lowest BCUT2D eigenvalue weighted by Gasteiger charge is -2.40. The van der Waals surface area contributed by atoms with E-state index in [1.54, 1.807) is 9.80 Å². The zero-order valence-corrected chi connectivity index (χ0v) is 30.0. The first-order valence-corrected chi connectivity index (χ1v) is 18.5. The molecule has 2 aromatic carbocycles. The number of rotatable bonds is 7. The normalized spacial score (nSPS) is 21.1. The van der Waals surface area contributed by atoms with E-state index in [1.165, 1.54) is 6.07 Å². The Hall–Kier alpha value is -3.55. The quantitative estimate of drug-likeness (QED) is 0.380. The van der Waals surface area contributed by atoms with Crippen LogP contribution in [0.1, 0.15) is 55.2 Å². The summed E-state index contributed by atoms with van der Waals surface area (Å²) in [6, 6.07) is 10.3. The van der Waals surface area contributed by atoms with Crippen LogP contribution in [0.4, 0.5) is 29.3 Å². The number of carbonyl (C=O) groups is 3. The second-order valence-corrected chi connectivity index (χ2v) is 14.9. The average molecular weight is 732 g/mol. The first-order valence-electron chi connectivity index (χ1n) is 18.2. The Morgan fingerprint density at radius 1 is 0.922 bits per heavy atom. The zero-order chi connectivity index (χ0) is 36.3. The van der Waals surface area contributed by atoms with Crippen molar-refractivity contribution >= 4 is 40.8 Å². The molecule has 0 saturated carbocycles. The molecular weight excluding hydrogens is 683 g/mol. The van der Waals surface area contributed by atoms with Crippen molar-refractivity contribution in [1.82, 2.24) is 24.5 Å². The van der Waals surface area contributed by atoms with Crippen LogP contribution < -0.4 is 11.1 Å². The highest BCUT2D eigenvalue weighted by Crippen LogP contribution is 2.38. The van der Waals surface area contributed by atoms with E-state index < -0.39 is 23.3 Å². The Morgan fingerprint density at radius 2 is 1.61 bits per heavy atom. The number of benzene rings is 2. The molecule has 10 nitrogen and oxygen atoms in total. The summed E-state index contributed by atoms with van der Waals surface area (Å²) < 4.78 is 41.6. The maximum atomic E-state index is 14.2. The van der Waals surface area contributed by atoms with Gasteiger partial charge >= 0.3 is 12.2 Å². The van der Waals surface area contributed by atoms with Crippen molar-refractivity contribution in [1.29, 1.82) is 0 Å². The van der Waals surface area contributed by atoms with Gasteiger partial charge < -0.3 is 30.7 Å². The standard InChI is InChI=1S/C37H49ClF3N7O3/c1-44-12-4-13-45(20-19-44)28-8-16-47(17-9-28)35(50)27(21-25-22-30(37(39,40)41)34(42)31(38)23-25)24-33(49)46-14-10-29(11-15-46)48-18-7-26-5-2-3-6-32(26)43-36(48)51/h2-3,5-6,22-23,27-29H,4,7-21,24,42H2,1H3,(H,43,51)/t27-/m0/s1. The molecule has 3 saturated heterocycles. The number of fused-ring (bicyclic) bond motifs is 1. The van der Waals surface area contributed by atoms with Crippen molar-refractivity contribution in [2.75, 3.05) is 77.0 Å². The second kappa shape index (κ2) is 16.0. The third kappa shape index (κ3) is 8.92. The maximum Gasteiger partial charge on any atom is 0.418 e. The van der Waals surface area contributed by atoms with Crippen LogP contribution in [0, 0.1) is 5.92 Å². The number of amides is 4. The Bertz CT molecular complexity index is 1580. The number of halogens is 4. The third-order valence-corrected chi connectivity index (χ3v) is 11.5. The van der Waals surface area contributed by atoms with Gasteiger partial charge in [-0.2, -0.15) is 13.2 Å². The highest BCUT2D eigenvalue weighted by molar-refractivity contribution is 6.33. The van der Waals surface area contributed by atoms with Crippen LogP contribution in [0.25, 0.3) is 0 Å². The van der Waals surface area contributed by atoms with Crippen molar-refractivity contribution in [3.63, 3.8) is 0 Å². The van der Waals surface area contributed by atoms with Crippen molar-refractivity contribution < 1.29 is 27.6 Å². The molecule has 3 fully saturated rings. The van der Waals surface area contributed by atoms with Crippen molar-refractivity contribution in [2.24, 2.45) is 5.92 Å². The molecule has 4 aliphatic rings. The van der Waals surface area contributed by atoms with Gasteiger partial charge in [0.25, 0.3) is 0 Å². The molecule has 4 aliphatic heterocycles. The first kappa shape index (κ1) is 37.2. The van der Waals surface area contributed by atoms with E-state index >= 15 is 0 Å². The summed E-state index contributed by atoms with van der Waals surface area (Å²) in [6.45, 7) is 6.55. The van der Waals surface area contributed by atoms with Crippen LogP contribution >= 0.6 is 11.6 Å². The topological polar surface area (TPSA) is 105 Å². The van der Waals surface area contributed by atoms with E-state index in [1.807, 2.05) is 29.2 Å². The van der Waals surface area contributed by atoms with Gasteiger partial charge in [0.1, 0.15) is 0 Å². The molecule has 0 unspecified atom stereocenters. The number of para-hydroxylation sites is 1. The lowest BCUT2D eigenvalue weighted by Crippen LogP contribution is -2.51. The minimum absolute atomic E-state index is 0.0376. The molecule has 0 radical (unpaired) electrons. The Morgan fingerprint density at radius 3 is 2.33 bits per heavy atom. The number of urea groups is 1. The predicted octanol–water partition coefficient (Wildman–Crippen LogP) is 5.20. The minimum atomic E-state index is -4.72. The lowest BCUT2D eigenvalue weighted by molar-refractivity contribution is -0.143. The fourth-order valence-electron chi connectivity index (χ4n) is 8.20. The number of hydrogen-bond acceptors (Lipinski definition) is 6. The average Bonchev–Trinajstić information content (AvgIpc) is 3.43. The lowest BCUT2D eigenvalue weighted by atomic mass is 9.91. The van der Waals surface area contributed by atoms with Crippen LogP contribution in [0.15, 0.2) is 36.4 Å². The largest absolute Gasteiger partial charge is 0.418 e. The summed E-state index contributed by atoms with van der Waals surface area (Å²) in [5.74, 6) is -1.32. The van der Waals surface area contributed by atoms with Gasteiger partial charge in [0.2, 0.25) is 11.8 Å². The number of anilines is 2. The molecule has 4 amide bonds. The molecule has 6 rings (SSSR count). The number of nitrogens with two attached hydrogens (primary N) is 1. The summed E-state index contributed by atoms with van der Waals surface area (Å²) in [4.78, 5) is 51.3. The fraction of sp³-hybridized carbons (Fsp3) is 0.595. The third-order valence-electron chi connectivity index (χ3n) is 11.2. The van der Waals surface area contributed by atoms with E-state index in [9.17, 15) is 27.6 Å². The van der Waals surface area contributed by atoms with E-state index in [-0.39, 0.29) is 47.3 Å². The molecule has 278 valence electrons. The number of likely N-dealkylation sites (N-methyl/N-ethyl adjacent to an activating group) is 1. The zero-order valence-electron chi connectivity index (χ0n) is 29.3. The highest BCUT2D eigenvalue weighted by atomic mass is 35.5. The minimum Gasteiger partial charge on any atom is -0.397 e. The van der Waals surface area contributed by atoms with Crippen LogP contribution in [-0.4, -0.2) is 120 Å². The van der Waals surface area contributed by atoms with Gasteiger partial charge in [-0.05, 0) is 94.4 Å². The number of likely N-dealkylation sites (tertiary alicyclic amines) is 2. The summed E-state index contributed by atoms with van der Waals surface area (Å²) >= 11 is 6.16. The molecule has 3 N–H and O–H groups in total. The van der Waals surface area contributed by atoms with E-state index in [0.717, 1.165) is 69.2 Å². The van der Waals surface area contributed by atoms with Gasteiger partial charge in [-0.25, -0.2) is 4.79 Å². The molecule has 0 aliphatic carbocycles. The van der Waals surface area contributed by atoms with Crippen LogP contribution in [0.3, 0.4) is 0 Å². The smallest absolute Gasteiger partial charge is 0.397 e. The van der Waals surface area contributed by atoms with Crippen molar-refractivity contribution in [2.45, 2.75) is 69.6 Å². The van der Waals surface area contributed by atoms with Crippen molar-refractivity contribution in [3.05, 3.63) is 58.1 Å². The molecule has 1 atom stereocenters. The molecular formula is C37H49ClF3N7O3. The van der Waals surface area contributed by atoms with Gasteiger partial charge in [0.15, 0.2) is 0 Å². The van der Waals surface area contributed by atoms with Gasteiger partial charge in [0.05, 0.1) is 22.2 Å². The molecule has 0 aromatic heterocycles. The number of carbonyl (C=O) groups excluding carboxylic acids is 3. The summed E-state index contributed by atoms with van der Waals surface area (Å²) in [6.07, 6.45) is -0.291. The first-order chi connectivity index (χ1) is 24.4. The van der Waals surface area contributed by atoms with E-state index in [0.29, 0.717) is 51.6 Å². The summed E-state index contributed by atoms with van der Waals surface area (Å²) in [5, 5.41) is 2.78. The molecule has 2 aromatic rings. The Kier molecular flexibility index (Phi) is 11.7. The van der Waals surface area contributed by atoms with Gasteiger partial charge in [0, 0.05) is 70.0 Å². The monoisotopic (exact) mass is 731 g/mol. The number of nitrogens with one attached hydrogen (secondary N) is 1. The Balaban J connectivity index is 1.12. The predicted molar refractivity (Wildman–Crippen MR) is 191 cm³/mol. The van der Waals surface area contributed by atoms with Gasteiger partial charge in [-0.1, -0.05) is 29.8 Å². The van der Waals surface area contributed by atoms with Crippen LogP contribution in [0.5, 0.6) is 0 Å². The number of nitrogens with zero attached hydrogens (tertiary/aromatic N) is 5.